The summed E-state index contributed by atoms with van der Waals surface area (Å²) < 4.78 is 9.91. The highest BCUT2D eigenvalue weighted by atomic mass is 16.6. The van der Waals surface area contributed by atoms with Gasteiger partial charge in [-0.25, -0.2) is 4.79 Å². The first kappa shape index (κ1) is 20.2. The minimum absolute atomic E-state index is 0.0547. The number of aliphatic carboxylic acids is 1. The minimum atomic E-state index is -1.13. The van der Waals surface area contributed by atoms with E-state index in [0.717, 1.165) is 0 Å². The molecule has 7 heteroatoms. The van der Waals surface area contributed by atoms with Gasteiger partial charge < -0.3 is 19.7 Å². The summed E-state index contributed by atoms with van der Waals surface area (Å²) in [4.78, 5) is 34.5. The van der Waals surface area contributed by atoms with Gasteiger partial charge >= 0.3 is 17.9 Å². The van der Waals surface area contributed by atoms with Gasteiger partial charge in [-0.05, 0) is 25.2 Å². The van der Waals surface area contributed by atoms with Crippen LogP contribution in [0.3, 0.4) is 0 Å². The van der Waals surface area contributed by atoms with Gasteiger partial charge in [-0.1, -0.05) is 26.8 Å². The number of hydrogen-bond acceptors (Lipinski definition) is 6. The van der Waals surface area contributed by atoms with Gasteiger partial charge in [0, 0.05) is 5.57 Å². The molecule has 3 atom stereocenters. The number of carbonyl (C=O) groups is 3. The number of hydrogen-bond donors (Lipinski definition) is 2. The van der Waals surface area contributed by atoms with E-state index < -0.39 is 35.8 Å². The van der Waals surface area contributed by atoms with E-state index in [1.165, 1.54) is 0 Å². The van der Waals surface area contributed by atoms with Crippen LogP contribution in [0.2, 0.25) is 0 Å². The summed E-state index contributed by atoms with van der Waals surface area (Å²) in [7, 11) is 0. The third kappa shape index (κ3) is 6.31. The molecule has 24 heavy (non-hydrogen) atoms. The van der Waals surface area contributed by atoms with E-state index in [2.05, 4.69) is 6.58 Å². The van der Waals surface area contributed by atoms with Crippen molar-refractivity contribution in [3.8, 4) is 0 Å². The number of aliphatic hydroxyl groups is 1. The van der Waals surface area contributed by atoms with Crippen molar-refractivity contribution < 1.29 is 34.1 Å². The Kier molecular flexibility index (Phi) is 7.91. The van der Waals surface area contributed by atoms with Crippen LogP contribution in [0, 0.1) is 17.8 Å². The monoisotopic (exact) mass is 342 g/mol. The minimum Gasteiger partial charge on any atom is -0.481 e. The van der Waals surface area contributed by atoms with Gasteiger partial charge in [0.1, 0.15) is 19.3 Å². The second-order valence-corrected chi connectivity index (χ2v) is 6.46. The molecule has 3 unspecified atom stereocenters. The molecule has 7 nitrogen and oxygen atoms in total. The summed E-state index contributed by atoms with van der Waals surface area (Å²) in [6.45, 7) is 6.61. The zero-order valence-corrected chi connectivity index (χ0v) is 14.2. The Labute approximate surface area is 141 Å². The Bertz CT molecular complexity index is 483. The lowest BCUT2D eigenvalue weighted by Gasteiger charge is -2.25. The molecule has 0 bridgehead atoms. The molecule has 0 saturated heterocycles. The topological polar surface area (TPSA) is 110 Å². The van der Waals surface area contributed by atoms with Gasteiger partial charge in [0.15, 0.2) is 0 Å². The second kappa shape index (κ2) is 9.42. The summed E-state index contributed by atoms with van der Waals surface area (Å²) in [5.41, 5.74) is 0.307. The molecule has 0 aromatic heterocycles. The first-order chi connectivity index (χ1) is 11.2. The van der Waals surface area contributed by atoms with Gasteiger partial charge in [-0.15, -0.1) is 0 Å². The first-order valence-electron chi connectivity index (χ1n) is 8.15. The molecule has 0 aliphatic heterocycles. The number of esters is 2. The molecule has 1 fully saturated rings. The maximum atomic E-state index is 12.0. The number of carboxylic acid groups (broad SMARTS) is 1. The van der Waals surface area contributed by atoms with E-state index in [9.17, 15) is 19.5 Å². The van der Waals surface area contributed by atoms with Crippen molar-refractivity contribution in [1.82, 2.24) is 0 Å². The molecule has 1 rings (SSSR count). The third-order valence-electron chi connectivity index (χ3n) is 4.14. The molecule has 1 saturated carbocycles. The van der Waals surface area contributed by atoms with Crippen molar-refractivity contribution in [2.75, 3.05) is 13.2 Å². The van der Waals surface area contributed by atoms with Gasteiger partial charge in [0.05, 0.1) is 11.8 Å². The molecular weight excluding hydrogens is 316 g/mol. The van der Waals surface area contributed by atoms with E-state index in [4.69, 9.17) is 14.6 Å². The Balaban J connectivity index is 2.32. The van der Waals surface area contributed by atoms with Crippen LogP contribution in [-0.2, 0) is 23.9 Å². The van der Waals surface area contributed by atoms with Crippen LogP contribution >= 0.6 is 0 Å². The summed E-state index contributed by atoms with van der Waals surface area (Å²) in [5.74, 6) is -3.05. The molecule has 136 valence electrons. The number of carbonyl (C=O) groups excluding carboxylic acids is 2. The Morgan fingerprint density at radius 2 is 1.71 bits per heavy atom. The van der Waals surface area contributed by atoms with Crippen LogP contribution in [0.4, 0.5) is 0 Å². The highest BCUT2D eigenvalue weighted by Crippen LogP contribution is 2.30. The molecular formula is C17H26O7. The van der Waals surface area contributed by atoms with E-state index >= 15 is 0 Å². The fourth-order valence-electron chi connectivity index (χ4n) is 2.47. The smallest absolute Gasteiger partial charge is 0.333 e. The number of ether oxygens (including phenoxy) is 2. The van der Waals surface area contributed by atoms with Crippen molar-refractivity contribution in [1.29, 1.82) is 0 Å². The van der Waals surface area contributed by atoms with Gasteiger partial charge in [-0.2, -0.15) is 0 Å². The van der Waals surface area contributed by atoms with Crippen molar-refractivity contribution in [3.63, 3.8) is 0 Å². The Hall–Kier alpha value is -1.89. The van der Waals surface area contributed by atoms with Crippen LogP contribution in [0.5, 0.6) is 0 Å². The molecule has 0 heterocycles. The Morgan fingerprint density at radius 3 is 2.29 bits per heavy atom. The standard InChI is InChI=1S/C17H26O7/c1-10(2)11(3)16(21)23-8-14(18)9-24-17(22)13-6-4-5-12(7-13)15(19)20/h10,12-14,18H,3-9H2,1-2H3,(H,19,20). The van der Waals surface area contributed by atoms with Gasteiger partial charge in [0.25, 0.3) is 0 Å². The predicted molar refractivity (Wildman–Crippen MR) is 85.0 cm³/mol. The molecule has 1 aliphatic carbocycles. The fourth-order valence-corrected chi connectivity index (χ4v) is 2.47. The molecule has 0 spiro atoms. The van der Waals surface area contributed by atoms with Gasteiger partial charge in [-0.3, -0.25) is 9.59 Å². The number of rotatable bonds is 8. The average molecular weight is 342 g/mol. The van der Waals surface area contributed by atoms with Gasteiger partial charge in [0.2, 0.25) is 0 Å². The van der Waals surface area contributed by atoms with E-state index in [1.807, 2.05) is 0 Å². The lowest BCUT2D eigenvalue weighted by atomic mass is 9.81. The van der Waals surface area contributed by atoms with Crippen molar-refractivity contribution in [2.45, 2.75) is 45.6 Å². The predicted octanol–water partition coefficient (Wildman–Crippen LogP) is 1.54. The van der Waals surface area contributed by atoms with Crippen LogP contribution in [0.25, 0.3) is 0 Å². The van der Waals surface area contributed by atoms with Crippen molar-refractivity contribution in [2.24, 2.45) is 17.8 Å². The summed E-state index contributed by atoms with van der Waals surface area (Å²) in [6.07, 6.45) is 0.942. The summed E-state index contributed by atoms with van der Waals surface area (Å²) in [5, 5.41) is 18.7. The average Bonchev–Trinajstić information content (AvgIpc) is 2.56. The number of carboxylic acids is 1. The van der Waals surface area contributed by atoms with E-state index in [-0.39, 0.29) is 25.6 Å². The molecule has 2 N–H and O–H groups in total. The second-order valence-electron chi connectivity index (χ2n) is 6.46. The normalized spacial score (nSPS) is 21.8. The van der Waals surface area contributed by atoms with Crippen LogP contribution in [0.15, 0.2) is 12.2 Å². The van der Waals surface area contributed by atoms with Crippen LogP contribution in [-0.4, -0.2) is 47.4 Å². The SMILES string of the molecule is C=C(C(=O)OCC(O)COC(=O)C1CCCC(C(=O)O)C1)C(C)C. The zero-order valence-electron chi connectivity index (χ0n) is 14.2. The highest BCUT2D eigenvalue weighted by Gasteiger charge is 2.32. The molecule has 0 aromatic rings. The molecule has 0 aromatic carbocycles. The quantitative estimate of drug-likeness (QED) is 0.508. The van der Waals surface area contributed by atoms with Crippen molar-refractivity contribution in [3.05, 3.63) is 12.2 Å². The zero-order chi connectivity index (χ0) is 18.3. The summed E-state index contributed by atoms with van der Waals surface area (Å²) >= 11 is 0. The largest absolute Gasteiger partial charge is 0.481 e. The van der Waals surface area contributed by atoms with E-state index in [0.29, 0.717) is 24.8 Å². The maximum absolute atomic E-state index is 12.0. The first-order valence-corrected chi connectivity index (χ1v) is 8.15. The van der Waals surface area contributed by atoms with Crippen molar-refractivity contribution >= 4 is 17.9 Å². The maximum Gasteiger partial charge on any atom is 0.333 e. The Morgan fingerprint density at radius 1 is 1.12 bits per heavy atom. The molecule has 0 amide bonds. The number of aliphatic hydroxyl groups excluding tert-OH is 1. The lowest BCUT2D eigenvalue weighted by Crippen LogP contribution is -2.31. The third-order valence-corrected chi connectivity index (χ3v) is 4.14. The lowest BCUT2D eigenvalue weighted by molar-refractivity contribution is -0.156. The van der Waals surface area contributed by atoms with Crippen LogP contribution < -0.4 is 0 Å². The highest BCUT2D eigenvalue weighted by molar-refractivity contribution is 5.88. The fraction of sp³-hybridized carbons (Fsp3) is 0.706. The van der Waals surface area contributed by atoms with Crippen LogP contribution in [0.1, 0.15) is 39.5 Å². The summed E-state index contributed by atoms with van der Waals surface area (Å²) in [6, 6.07) is 0. The van der Waals surface area contributed by atoms with E-state index in [1.54, 1.807) is 13.8 Å². The molecule has 1 aliphatic rings. The molecule has 0 radical (unpaired) electrons.